The first-order valence-electron chi connectivity index (χ1n) is 13.4. The average Bonchev–Trinajstić information content (AvgIpc) is 2.88. The molecule has 2 rings (SSSR count). The maximum atomic E-state index is 13.7. The fourth-order valence-corrected chi connectivity index (χ4v) is 2.59. The van der Waals surface area contributed by atoms with E-state index in [0.717, 1.165) is 24.8 Å². The van der Waals surface area contributed by atoms with Crippen LogP contribution in [0.5, 0.6) is 11.5 Å². The minimum atomic E-state index is -0.676. The maximum absolute atomic E-state index is 13.7. The van der Waals surface area contributed by atoms with Crippen molar-refractivity contribution in [3.05, 3.63) is 53.4 Å². The number of aliphatic hydroxyl groups excluding tert-OH is 1. The Balaban J connectivity index is 0. The summed E-state index contributed by atoms with van der Waals surface area (Å²) < 4.78 is 37.7. The number of rotatable bonds is 8. The normalized spacial score (nSPS) is 11.6. The Morgan fingerprint density at radius 3 is 2.08 bits per heavy atom. The van der Waals surface area contributed by atoms with Crippen molar-refractivity contribution in [2.75, 3.05) is 13.7 Å². The molecule has 0 fully saturated rings. The second kappa shape index (κ2) is 18.8. The number of hydrogen-bond donors (Lipinski definition) is 2. The lowest BCUT2D eigenvalue weighted by Crippen LogP contribution is -2.27. The smallest absolute Gasteiger partial charge is 0.255 e. The average molecular weight is 539 g/mol. The third-order valence-corrected chi connectivity index (χ3v) is 5.61. The van der Waals surface area contributed by atoms with Crippen molar-refractivity contribution in [2.45, 2.75) is 107 Å². The quantitative estimate of drug-likeness (QED) is 0.259. The van der Waals surface area contributed by atoms with Crippen LogP contribution in [0.15, 0.2) is 30.5 Å². The van der Waals surface area contributed by atoms with Gasteiger partial charge in [0.1, 0.15) is 11.6 Å². The molecule has 0 spiro atoms. The number of halogens is 2. The van der Waals surface area contributed by atoms with Gasteiger partial charge in [-0.1, -0.05) is 54.9 Å². The highest BCUT2D eigenvalue weighted by molar-refractivity contribution is 5.86. The minimum Gasteiger partial charge on any atom is -0.453 e. The molecule has 0 aliphatic carbocycles. The fourth-order valence-electron chi connectivity index (χ4n) is 2.59. The van der Waals surface area contributed by atoms with Gasteiger partial charge in [-0.25, -0.2) is 9.37 Å². The summed E-state index contributed by atoms with van der Waals surface area (Å²) in [5.41, 5.74) is 1.75. The van der Waals surface area contributed by atoms with E-state index in [2.05, 4.69) is 4.98 Å². The summed E-state index contributed by atoms with van der Waals surface area (Å²) in [6.07, 6.45) is 4.04. The van der Waals surface area contributed by atoms with E-state index in [1.165, 1.54) is 18.3 Å². The second-order valence-electron chi connectivity index (χ2n) is 10.5. The van der Waals surface area contributed by atoms with Crippen LogP contribution in [0.1, 0.15) is 106 Å². The van der Waals surface area contributed by atoms with Crippen LogP contribution in [0.3, 0.4) is 0 Å². The number of aromatic nitrogens is 1. The SMILES string of the molecule is CC.CCCC(=N)C(C)(C)CO.CC[C@H](C)c1cc(Oc2cc(C)cnc2F)ccc1F.COC(C)(C)C. The van der Waals surface area contributed by atoms with Crippen LogP contribution in [0.2, 0.25) is 0 Å². The summed E-state index contributed by atoms with van der Waals surface area (Å²) in [4.78, 5) is 3.60. The first-order chi connectivity index (χ1) is 17.6. The van der Waals surface area contributed by atoms with Gasteiger partial charge in [-0.3, -0.25) is 0 Å². The van der Waals surface area contributed by atoms with E-state index in [1.54, 1.807) is 26.2 Å². The molecule has 0 unspecified atom stereocenters. The molecule has 0 aliphatic rings. The van der Waals surface area contributed by atoms with Crippen LogP contribution in [-0.2, 0) is 4.74 Å². The van der Waals surface area contributed by atoms with E-state index in [9.17, 15) is 8.78 Å². The molecular formula is C31H52F2N2O3. The molecule has 0 aliphatic heterocycles. The van der Waals surface area contributed by atoms with Crippen LogP contribution < -0.4 is 4.74 Å². The monoisotopic (exact) mass is 538 g/mol. The molecule has 7 heteroatoms. The molecule has 1 atom stereocenters. The third kappa shape index (κ3) is 15.1. The number of pyridine rings is 1. The van der Waals surface area contributed by atoms with Gasteiger partial charge >= 0.3 is 0 Å². The highest BCUT2D eigenvalue weighted by Crippen LogP contribution is 2.30. The van der Waals surface area contributed by atoms with Gasteiger partial charge in [0.25, 0.3) is 5.95 Å². The van der Waals surface area contributed by atoms with Crippen LogP contribution in [-0.4, -0.2) is 35.1 Å². The van der Waals surface area contributed by atoms with Crippen LogP contribution >= 0.6 is 0 Å². The van der Waals surface area contributed by atoms with Gasteiger partial charge in [-0.2, -0.15) is 4.39 Å². The van der Waals surface area contributed by atoms with E-state index >= 15 is 0 Å². The molecule has 1 heterocycles. The third-order valence-electron chi connectivity index (χ3n) is 5.61. The first kappa shape index (κ1) is 37.8. The van der Waals surface area contributed by atoms with Crippen LogP contribution in [0.4, 0.5) is 8.78 Å². The van der Waals surface area contributed by atoms with E-state index in [-0.39, 0.29) is 35.1 Å². The highest BCUT2D eigenvalue weighted by Gasteiger charge is 2.21. The predicted molar refractivity (Wildman–Crippen MR) is 156 cm³/mol. The number of aryl methyl sites for hydroxylation is 1. The van der Waals surface area contributed by atoms with Crippen molar-refractivity contribution in [3.63, 3.8) is 0 Å². The fraction of sp³-hybridized carbons (Fsp3) is 0.613. The van der Waals surface area contributed by atoms with Gasteiger partial charge in [0.2, 0.25) is 0 Å². The topological polar surface area (TPSA) is 75.4 Å². The number of hydrogen-bond acceptors (Lipinski definition) is 5. The lowest BCUT2D eigenvalue weighted by Gasteiger charge is -2.22. The molecule has 0 bridgehead atoms. The summed E-state index contributed by atoms with van der Waals surface area (Å²) in [5.74, 6) is -0.404. The molecule has 0 saturated carbocycles. The maximum Gasteiger partial charge on any atom is 0.255 e. The number of ether oxygens (including phenoxy) is 2. The minimum absolute atomic E-state index is 0.0417. The van der Waals surface area contributed by atoms with Gasteiger partial charge in [0.05, 0.1) is 12.2 Å². The van der Waals surface area contributed by atoms with Crippen molar-refractivity contribution in [1.82, 2.24) is 4.98 Å². The standard InChI is InChI=1S/C16H17F2NO.C8H17NO.C5H12O.C2H6/c1-4-11(3)13-8-12(5-6-14(13)17)20-15-7-10(2)9-19-16(15)18;1-4-5-7(9)8(2,3)6-10;1-5(2,3)6-4;1-2/h5-9,11H,4H2,1-3H3;9-10H,4-6H2,1-3H3;1-4H3;1-2H3/t11-;;;/m0.../s1. The van der Waals surface area contributed by atoms with Crippen molar-refractivity contribution < 1.29 is 23.4 Å². The summed E-state index contributed by atoms with van der Waals surface area (Å²) in [5, 5.41) is 16.4. The summed E-state index contributed by atoms with van der Waals surface area (Å²) in [6, 6.07) is 6.01. The zero-order valence-electron chi connectivity index (χ0n) is 25.8. The predicted octanol–water partition coefficient (Wildman–Crippen LogP) is 9.26. The van der Waals surface area contributed by atoms with Gasteiger partial charge in [-0.05, 0) is 81.8 Å². The highest BCUT2D eigenvalue weighted by atomic mass is 19.1. The Hall–Kier alpha value is -2.38. The number of benzene rings is 1. The Morgan fingerprint density at radius 1 is 1.08 bits per heavy atom. The van der Waals surface area contributed by atoms with Gasteiger partial charge < -0.3 is 20.0 Å². The Labute approximate surface area is 230 Å². The van der Waals surface area contributed by atoms with Crippen molar-refractivity contribution in [3.8, 4) is 11.5 Å². The zero-order valence-corrected chi connectivity index (χ0v) is 25.8. The molecule has 2 N–H and O–H groups in total. The van der Waals surface area contributed by atoms with E-state index in [0.29, 0.717) is 17.0 Å². The van der Waals surface area contributed by atoms with E-state index in [4.69, 9.17) is 20.0 Å². The van der Waals surface area contributed by atoms with Gasteiger partial charge in [-0.15, -0.1) is 0 Å². The number of nitrogens with one attached hydrogen (secondary N) is 1. The zero-order chi connectivity index (χ0) is 30.1. The number of methoxy groups -OCH3 is 1. The first-order valence-corrected chi connectivity index (χ1v) is 13.4. The van der Waals surface area contributed by atoms with Crippen molar-refractivity contribution in [2.24, 2.45) is 5.41 Å². The Morgan fingerprint density at radius 2 is 1.63 bits per heavy atom. The Kier molecular flexibility index (Phi) is 18.7. The van der Waals surface area contributed by atoms with Crippen molar-refractivity contribution >= 4 is 5.71 Å². The summed E-state index contributed by atoms with van der Waals surface area (Å²) in [7, 11) is 1.71. The van der Waals surface area contributed by atoms with E-state index < -0.39 is 5.95 Å². The van der Waals surface area contributed by atoms with Crippen molar-refractivity contribution in [1.29, 1.82) is 5.41 Å². The molecule has 2 aromatic rings. The van der Waals surface area contributed by atoms with Crippen LogP contribution in [0.25, 0.3) is 0 Å². The molecule has 0 radical (unpaired) electrons. The molecule has 0 amide bonds. The van der Waals surface area contributed by atoms with Gasteiger partial charge in [0, 0.05) is 24.4 Å². The number of nitrogens with zero attached hydrogens (tertiary/aromatic N) is 1. The largest absolute Gasteiger partial charge is 0.453 e. The molecule has 218 valence electrons. The number of aliphatic hydroxyl groups is 1. The lowest BCUT2D eigenvalue weighted by atomic mass is 9.86. The molecule has 1 aromatic heterocycles. The Bertz CT molecular complexity index is 941. The molecule has 0 saturated heterocycles. The van der Waals surface area contributed by atoms with Gasteiger partial charge in [0.15, 0.2) is 5.75 Å². The van der Waals surface area contributed by atoms with Crippen LogP contribution in [0, 0.1) is 29.5 Å². The second-order valence-corrected chi connectivity index (χ2v) is 10.5. The molecule has 38 heavy (non-hydrogen) atoms. The lowest BCUT2D eigenvalue weighted by molar-refractivity contribution is 0.0397. The molecule has 5 nitrogen and oxygen atoms in total. The summed E-state index contributed by atoms with van der Waals surface area (Å²) in [6.45, 7) is 21.7. The molecule has 1 aromatic carbocycles. The van der Waals surface area contributed by atoms with E-state index in [1.807, 2.05) is 69.2 Å². The summed E-state index contributed by atoms with van der Waals surface area (Å²) >= 11 is 0. The molecular weight excluding hydrogens is 486 g/mol.